The molecule has 3 N–H and O–H groups in total. The van der Waals surface area contributed by atoms with Crippen LogP contribution in [0.25, 0.3) is 0 Å². The number of aryl methyl sites for hydroxylation is 2. The first-order valence-corrected chi connectivity index (χ1v) is 11.9. The van der Waals surface area contributed by atoms with Gasteiger partial charge >= 0.3 is 5.97 Å². The lowest BCUT2D eigenvalue weighted by molar-refractivity contribution is -0.142. The maximum absolute atomic E-state index is 14.2. The van der Waals surface area contributed by atoms with E-state index in [0.29, 0.717) is 11.3 Å². The van der Waals surface area contributed by atoms with Crippen molar-refractivity contribution in [3.05, 3.63) is 87.0 Å². The number of rotatable bonds is 5. The summed E-state index contributed by atoms with van der Waals surface area (Å²) in [4.78, 5) is 40.1. The lowest BCUT2D eigenvalue weighted by atomic mass is 9.82. The van der Waals surface area contributed by atoms with Crippen LogP contribution >= 0.6 is 11.8 Å². The van der Waals surface area contributed by atoms with Gasteiger partial charge in [0.1, 0.15) is 16.9 Å². The third kappa shape index (κ3) is 4.45. The minimum absolute atomic E-state index is 0.0667. The molecular weight excluding hydrogens is 483 g/mol. The van der Waals surface area contributed by atoms with Crippen molar-refractivity contribution in [2.75, 3.05) is 12.4 Å². The zero-order valence-electron chi connectivity index (χ0n) is 19.8. The topological polar surface area (TPSA) is 126 Å². The summed E-state index contributed by atoms with van der Waals surface area (Å²) in [6, 6.07) is 13.1. The first kappa shape index (κ1) is 25.0. The van der Waals surface area contributed by atoms with Gasteiger partial charge < -0.3 is 15.8 Å². The number of allylic oxidation sites excluding steroid dienone is 1. The molecule has 0 radical (unpaired) electrons. The molecule has 2 heterocycles. The van der Waals surface area contributed by atoms with Crippen molar-refractivity contribution in [2.45, 2.75) is 31.4 Å². The lowest BCUT2D eigenvalue weighted by Crippen LogP contribution is -2.39. The Hall–Kier alpha value is -4.10. The Morgan fingerprint density at radius 1 is 1.25 bits per heavy atom. The van der Waals surface area contributed by atoms with Crippen LogP contribution in [-0.2, 0) is 19.1 Å². The van der Waals surface area contributed by atoms with Crippen molar-refractivity contribution in [3.63, 3.8) is 0 Å². The quantitative estimate of drug-likeness (QED) is 0.594. The van der Waals surface area contributed by atoms with Crippen LogP contribution in [0.1, 0.15) is 29.0 Å². The number of fused-ring (bicyclic) bond motifs is 1. The van der Waals surface area contributed by atoms with Gasteiger partial charge in [0, 0.05) is 5.69 Å². The maximum atomic E-state index is 14.2. The summed E-state index contributed by atoms with van der Waals surface area (Å²) in [5.41, 5.74) is 8.99. The van der Waals surface area contributed by atoms with Gasteiger partial charge in [0.05, 0.1) is 41.7 Å². The molecular formula is C26H23FN4O4S. The largest absolute Gasteiger partial charge is 0.469 e. The van der Waals surface area contributed by atoms with E-state index in [4.69, 9.17) is 10.5 Å². The molecule has 184 valence electrons. The fourth-order valence-electron chi connectivity index (χ4n) is 4.31. The van der Waals surface area contributed by atoms with Crippen molar-refractivity contribution in [3.8, 4) is 6.07 Å². The molecule has 2 aromatic rings. The number of anilines is 1. The van der Waals surface area contributed by atoms with Crippen LogP contribution in [0.2, 0.25) is 0 Å². The van der Waals surface area contributed by atoms with Gasteiger partial charge in [-0.05, 0) is 43.2 Å². The van der Waals surface area contributed by atoms with Gasteiger partial charge in [0.2, 0.25) is 5.91 Å². The van der Waals surface area contributed by atoms with Crippen molar-refractivity contribution < 1.29 is 23.5 Å². The summed E-state index contributed by atoms with van der Waals surface area (Å²) in [5, 5.41) is 12.2. The number of methoxy groups -OCH3 is 1. The molecule has 1 saturated heterocycles. The molecule has 2 aromatic carbocycles. The summed E-state index contributed by atoms with van der Waals surface area (Å²) >= 11 is 0.996. The van der Waals surface area contributed by atoms with Crippen molar-refractivity contribution in [1.82, 2.24) is 4.90 Å². The van der Waals surface area contributed by atoms with E-state index in [1.54, 1.807) is 12.1 Å². The number of thioether (sulfide) groups is 1. The average Bonchev–Trinajstić information content (AvgIpc) is 3.16. The predicted molar refractivity (Wildman–Crippen MR) is 132 cm³/mol. The number of halogens is 1. The minimum Gasteiger partial charge on any atom is -0.469 e. The molecule has 0 saturated carbocycles. The molecule has 0 unspecified atom stereocenters. The highest BCUT2D eigenvalue weighted by Gasteiger charge is 2.48. The average molecular weight is 507 g/mol. The van der Waals surface area contributed by atoms with Gasteiger partial charge in [0.25, 0.3) is 5.91 Å². The summed E-state index contributed by atoms with van der Waals surface area (Å²) in [6.45, 7) is 3.77. The van der Waals surface area contributed by atoms with Crippen molar-refractivity contribution in [1.29, 1.82) is 5.26 Å². The second-order valence-electron chi connectivity index (χ2n) is 8.45. The third-order valence-electron chi connectivity index (χ3n) is 6.03. The SMILES string of the molecule is COC(=O)C[C@H]1SC2=C(C(=O)Nc3ccc(C)cc3C)[C@@H](c3cccc(F)c3)C(C#N)=C(N)N2C1=O. The Morgan fingerprint density at radius 2 is 2.00 bits per heavy atom. The first-order valence-electron chi connectivity index (χ1n) is 11.0. The molecule has 0 aliphatic carbocycles. The number of esters is 1. The first-order chi connectivity index (χ1) is 17.2. The van der Waals surface area contributed by atoms with Gasteiger partial charge in [-0.1, -0.05) is 41.6 Å². The number of carbonyl (C=O) groups is 3. The second-order valence-corrected chi connectivity index (χ2v) is 9.64. The third-order valence-corrected chi connectivity index (χ3v) is 7.31. The van der Waals surface area contributed by atoms with E-state index in [2.05, 4.69) is 5.32 Å². The van der Waals surface area contributed by atoms with Crippen molar-refractivity contribution in [2.24, 2.45) is 5.73 Å². The number of benzene rings is 2. The van der Waals surface area contributed by atoms with Crippen molar-refractivity contribution >= 4 is 35.2 Å². The Morgan fingerprint density at radius 3 is 2.64 bits per heavy atom. The highest BCUT2D eigenvalue weighted by atomic mass is 32.2. The number of hydrogen-bond donors (Lipinski definition) is 2. The fourth-order valence-corrected chi connectivity index (χ4v) is 5.63. The molecule has 36 heavy (non-hydrogen) atoms. The molecule has 0 spiro atoms. The molecule has 2 aliphatic heterocycles. The van der Waals surface area contributed by atoms with E-state index in [9.17, 15) is 24.0 Å². The zero-order chi connectivity index (χ0) is 26.1. The smallest absolute Gasteiger partial charge is 0.307 e. The molecule has 0 aromatic heterocycles. The van der Waals surface area contributed by atoms with Gasteiger partial charge in [-0.15, -0.1) is 0 Å². The molecule has 0 bridgehead atoms. The monoisotopic (exact) mass is 506 g/mol. The standard InChI is InChI=1S/C26H23FN4O4S/c1-13-7-8-18(14(2)9-13)30-24(33)22-21(15-5-4-6-16(27)10-15)17(12-28)23(29)31-25(34)19(36-26(22)31)11-20(32)35-3/h4-10,19,21H,11,29H2,1-3H3,(H,30,33)/t19-,21+/m1/s1. The van der Waals surface area contributed by atoms with E-state index in [1.807, 2.05) is 32.0 Å². The molecule has 2 amide bonds. The highest BCUT2D eigenvalue weighted by molar-refractivity contribution is 8.04. The van der Waals surface area contributed by atoms with Crippen LogP contribution < -0.4 is 11.1 Å². The van der Waals surface area contributed by atoms with E-state index in [0.717, 1.165) is 27.8 Å². The molecule has 8 nitrogen and oxygen atoms in total. The number of nitriles is 1. The molecule has 10 heteroatoms. The molecule has 1 fully saturated rings. The molecule has 4 rings (SSSR count). The minimum atomic E-state index is -1.03. The summed E-state index contributed by atoms with van der Waals surface area (Å²) in [7, 11) is 1.21. The number of nitrogens with one attached hydrogen (secondary N) is 1. The van der Waals surface area contributed by atoms with Gasteiger partial charge in [-0.3, -0.25) is 19.3 Å². The zero-order valence-corrected chi connectivity index (χ0v) is 20.6. The maximum Gasteiger partial charge on any atom is 0.307 e. The molecule has 2 aliphatic rings. The van der Waals surface area contributed by atoms with E-state index < -0.39 is 34.8 Å². The van der Waals surface area contributed by atoms with Crippen LogP contribution in [0.4, 0.5) is 10.1 Å². The van der Waals surface area contributed by atoms with Gasteiger partial charge in [-0.2, -0.15) is 5.26 Å². The van der Waals surface area contributed by atoms with Crippen LogP contribution in [0.5, 0.6) is 0 Å². The summed E-state index contributed by atoms with van der Waals surface area (Å²) in [6.07, 6.45) is -0.244. The van der Waals surface area contributed by atoms with Crippen LogP contribution in [0.15, 0.2) is 64.5 Å². The Labute approximate surface area is 211 Å². The van der Waals surface area contributed by atoms with E-state index in [-0.39, 0.29) is 28.4 Å². The fraction of sp³-hybridized carbons (Fsp3) is 0.231. The van der Waals surface area contributed by atoms with Crippen LogP contribution in [0.3, 0.4) is 0 Å². The van der Waals surface area contributed by atoms with Gasteiger partial charge in [0.15, 0.2) is 0 Å². The number of carbonyl (C=O) groups excluding carboxylic acids is 3. The number of hydrogen-bond acceptors (Lipinski definition) is 7. The Bertz CT molecular complexity index is 1390. The number of amides is 2. The Kier molecular flexibility index (Phi) is 6.86. The second kappa shape index (κ2) is 9.87. The Balaban J connectivity index is 1.89. The highest BCUT2D eigenvalue weighted by Crippen LogP contribution is 2.50. The number of nitrogens with zero attached hydrogens (tertiary/aromatic N) is 2. The van der Waals surface area contributed by atoms with Crippen LogP contribution in [0, 0.1) is 31.0 Å². The summed E-state index contributed by atoms with van der Waals surface area (Å²) < 4.78 is 18.9. The predicted octanol–water partition coefficient (Wildman–Crippen LogP) is 3.59. The van der Waals surface area contributed by atoms with Crippen LogP contribution in [-0.4, -0.2) is 35.0 Å². The van der Waals surface area contributed by atoms with E-state index >= 15 is 0 Å². The van der Waals surface area contributed by atoms with Gasteiger partial charge in [-0.25, -0.2) is 4.39 Å². The number of ether oxygens (including phenoxy) is 1. The van der Waals surface area contributed by atoms with E-state index in [1.165, 1.54) is 25.3 Å². The lowest BCUT2D eigenvalue weighted by Gasteiger charge is -2.32. The number of nitrogens with two attached hydrogens (primary N) is 1. The normalized spacial score (nSPS) is 19.2. The summed E-state index contributed by atoms with van der Waals surface area (Å²) in [5.74, 6) is -3.46. The molecule has 2 atom stereocenters.